The smallest absolute Gasteiger partial charge is 0.279 e. The zero-order valence-electron chi connectivity index (χ0n) is 19.4. The van der Waals surface area contributed by atoms with Gasteiger partial charge in [0.2, 0.25) is 6.41 Å². The van der Waals surface area contributed by atoms with E-state index < -0.39 is 6.04 Å². The van der Waals surface area contributed by atoms with Crippen LogP contribution >= 0.6 is 0 Å². The summed E-state index contributed by atoms with van der Waals surface area (Å²) < 4.78 is 1.64. The largest absolute Gasteiger partial charge is 0.370 e. The van der Waals surface area contributed by atoms with E-state index in [1.54, 1.807) is 10.8 Å². The summed E-state index contributed by atoms with van der Waals surface area (Å²) in [6.45, 7) is 14.8. The Morgan fingerprint density at radius 2 is 1.94 bits per heavy atom. The fourth-order valence-electron chi connectivity index (χ4n) is 3.88. The summed E-state index contributed by atoms with van der Waals surface area (Å²) in [6, 6.07) is -0.165. The molecule has 2 rings (SSSR count). The van der Waals surface area contributed by atoms with E-state index in [4.69, 9.17) is 4.98 Å². The average Bonchev–Trinajstić information content (AvgIpc) is 2.78. The van der Waals surface area contributed by atoms with Crippen molar-refractivity contribution in [3.8, 4) is 0 Å². The molecule has 2 unspecified atom stereocenters. The van der Waals surface area contributed by atoms with Crippen LogP contribution in [0.15, 0.2) is 29.2 Å². The fourth-order valence-corrected chi connectivity index (χ4v) is 3.88. The number of carbonyl (C=O) groups excluding carboxylic acids is 1. The van der Waals surface area contributed by atoms with Gasteiger partial charge in [0.1, 0.15) is 0 Å². The second-order valence-corrected chi connectivity index (χ2v) is 7.55. The van der Waals surface area contributed by atoms with E-state index in [0.717, 1.165) is 25.2 Å². The number of rotatable bonds is 9. The summed E-state index contributed by atoms with van der Waals surface area (Å²) in [5.41, 5.74) is 0.946. The molecule has 2 N–H and O–H groups in total. The van der Waals surface area contributed by atoms with Crippen LogP contribution in [0.25, 0.3) is 12.2 Å². The minimum atomic E-state index is -0.407. The monoisotopic (exact) mass is 428 g/mol. The standard InChI is InChI=1S/C23H36N6O2/c1-7-10-11-21-19(8-2)23(31)29(22(26-21)17(4)25-16-30)28-14-12-27(13-15-28)18(5)20(9-3)24-6/h7-8,10-11,16-17,20,24H,5,9,12-15H2,1-4,6H3,(H,25,30)/b10-7-,19-8+,21-11+. The Bertz CT molecular complexity index is 969. The summed E-state index contributed by atoms with van der Waals surface area (Å²) in [4.78, 5) is 31.6. The van der Waals surface area contributed by atoms with Gasteiger partial charge in [0.05, 0.1) is 29.7 Å². The molecule has 2 atom stereocenters. The number of amides is 1. The Morgan fingerprint density at radius 1 is 1.26 bits per heavy atom. The molecule has 170 valence electrons. The number of likely N-dealkylation sites (N-methyl/N-ethyl adjacent to an activating group) is 1. The number of carbonyl (C=O) groups is 1. The van der Waals surface area contributed by atoms with Crippen LogP contribution in [0.4, 0.5) is 0 Å². The van der Waals surface area contributed by atoms with E-state index in [1.807, 2.05) is 51.1 Å². The lowest BCUT2D eigenvalue weighted by molar-refractivity contribution is -0.110. The van der Waals surface area contributed by atoms with E-state index in [1.165, 1.54) is 0 Å². The first kappa shape index (κ1) is 24.4. The maximum atomic E-state index is 13.5. The van der Waals surface area contributed by atoms with Crippen molar-refractivity contribution in [2.45, 2.75) is 46.2 Å². The Morgan fingerprint density at radius 3 is 2.45 bits per heavy atom. The predicted molar refractivity (Wildman–Crippen MR) is 127 cm³/mol. The molecule has 1 fully saturated rings. The van der Waals surface area contributed by atoms with Crippen molar-refractivity contribution in [3.05, 3.63) is 51.2 Å². The van der Waals surface area contributed by atoms with Crippen LogP contribution in [0.5, 0.6) is 0 Å². The normalized spacial score (nSPS) is 17.8. The number of nitrogens with one attached hydrogen (secondary N) is 2. The van der Waals surface area contributed by atoms with Gasteiger partial charge in [0, 0.05) is 24.8 Å². The lowest BCUT2D eigenvalue weighted by atomic mass is 10.1. The summed E-state index contributed by atoms with van der Waals surface area (Å²) >= 11 is 0. The molecule has 8 heteroatoms. The van der Waals surface area contributed by atoms with Crippen LogP contribution in [0, 0.1) is 0 Å². The van der Waals surface area contributed by atoms with E-state index in [9.17, 15) is 9.59 Å². The highest BCUT2D eigenvalue weighted by Crippen LogP contribution is 2.14. The highest BCUT2D eigenvalue weighted by Gasteiger charge is 2.25. The van der Waals surface area contributed by atoms with Gasteiger partial charge in [-0.1, -0.05) is 31.7 Å². The zero-order valence-corrected chi connectivity index (χ0v) is 19.4. The molecule has 1 aliphatic heterocycles. The molecule has 1 aliphatic rings. The van der Waals surface area contributed by atoms with Gasteiger partial charge in [0.25, 0.3) is 5.56 Å². The fraction of sp³-hybridized carbons (Fsp3) is 0.522. The van der Waals surface area contributed by atoms with Crippen LogP contribution in [0.1, 0.15) is 46.0 Å². The van der Waals surface area contributed by atoms with Gasteiger partial charge in [-0.25, -0.2) is 9.66 Å². The molecule has 1 aromatic rings. The van der Waals surface area contributed by atoms with E-state index in [0.29, 0.717) is 35.9 Å². The van der Waals surface area contributed by atoms with Crippen LogP contribution in [-0.4, -0.2) is 60.2 Å². The quantitative estimate of drug-likeness (QED) is 0.538. The van der Waals surface area contributed by atoms with Gasteiger partial charge in [-0.05, 0) is 40.3 Å². The molecule has 0 spiro atoms. The molecular formula is C23H36N6O2. The lowest BCUT2D eigenvalue weighted by Crippen LogP contribution is -2.60. The van der Waals surface area contributed by atoms with Crippen molar-refractivity contribution in [2.75, 3.05) is 38.2 Å². The Balaban J connectivity index is 2.48. The molecular weight excluding hydrogens is 392 g/mol. The summed E-state index contributed by atoms with van der Waals surface area (Å²) in [6.07, 6.45) is 8.97. The van der Waals surface area contributed by atoms with Gasteiger partial charge in [-0.2, -0.15) is 0 Å². The van der Waals surface area contributed by atoms with Gasteiger partial charge in [-0.15, -0.1) is 0 Å². The van der Waals surface area contributed by atoms with Crippen molar-refractivity contribution in [1.29, 1.82) is 0 Å². The summed E-state index contributed by atoms with van der Waals surface area (Å²) in [5, 5.41) is 9.21. The van der Waals surface area contributed by atoms with Gasteiger partial charge < -0.3 is 20.5 Å². The molecule has 0 saturated carbocycles. The first-order chi connectivity index (χ1) is 14.9. The number of hydrogen-bond donors (Lipinski definition) is 2. The minimum Gasteiger partial charge on any atom is -0.370 e. The molecule has 1 saturated heterocycles. The van der Waals surface area contributed by atoms with Crippen LogP contribution in [0.3, 0.4) is 0 Å². The molecule has 1 aromatic heterocycles. The van der Waals surface area contributed by atoms with Gasteiger partial charge in [0.15, 0.2) is 5.82 Å². The first-order valence-corrected chi connectivity index (χ1v) is 10.9. The minimum absolute atomic E-state index is 0.128. The van der Waals surface area contributed by atoms with Crippen molar-refractivity contribution >= 4 is 18.6 Å². The molecule has 1 amide bonds. The second-order valence-electron chi connectivity index (χ2n) is 7.55. The highest BCUT2D eigenvalue weighted by molar-refractivity contribution is 5.47. The van der Waals surface area contributed by atoms with Gasteiger partial charge in [-0.3, -0.25) is 9.59 Å². The number of aromatic nitrogens is 2. The van der Waals surface area contributed by atoms with Crippen molar-refractivity contribution in [3.63, 3.8) is 0 Å². The van der Waals surface area contributed by atoms with E-state index in [2.05, 4.69) is 29.0 Å². The van der Waals surface area contributed by atoms with Crippen LogP contribution in [-0.2, 0) is 4.79 Å². The third-order valence-corrected chi connectivity index (χ3v) is 5.70. The number of piperazine rings is 1. The van der Waals surface area contributed by atoms with Crippen molar-refractivity contribution in [1.82, 2.24) is 25.2 Å². The Kier molecular flexibility index (Phi) is 9.05. The van der Waals surface area contributed by atoms with E-state index >= 15 is 0 Å². The predicted octanol–water partition coefficient (Wildman–Crippen LogP) is -0.0274. The molecule has 0 bridgehead atoms. The molecule has 0 radical (unpaired) electrons. The molecule has 2 heterocycles. The van der Waals surface area contributed by atoms with Crippen molar-refractivity contribution in [2.24, 2.45) is 0 Å². The maximum absolute atomic E-state index is 13.5. The Labute approximate surface area is 184 Å². The second kappa shape index (κ2) is 11.5. The summed E-state index contributed by atoms with van der Waals surface area (Å²) in [7, 11) is 1.95. The van der Waals surface area contributed by atoms with Gasteiger partial charge >= 0.3 is 0 Å². The Hall–Kier alpha value is -2.87. The topological polar surface area (TPSA) is 82.5 Å². The first-order valence-electron chi connectivity index (χ1n) is 10.9. The molecule has 0 aromatic carbocycles. The third kappa shape index (κ3) is 5.44. The van der Waals surface area contributed by atoms with Crippen LogP contribution < -0.4 is 31.8 Å². The highest BCUT2D eigenvalue weighted by atomic mass is 16.1. The molecule has 0 aliphatic carbocycles. The molecule has 8 nitrogen and oxygen atoms in total. The lowest BCUT2D eigenvalue weighted by Gasteiger charge is -2.41. The number of allylic oxidation sites excluding steroid dienone is 2. The number of hydrogen-bond acceptors (Lipinski definition) is 6. The third-order valence-electron chi connectivity index (χ3n) is 5.70. The number of nitrogens with zero attached hydrogens (tertiary/aromatic N) is 4. The molecule has 31 heavy (non-hydrogen) atoms. The summed E-state index contributed by atoms with van der Waals surface area (Å²) in [5.74, 6) is 0.521. The SMILES string of the molecule is C=C(C(CC)NC)N1CCN(n2c(C(C)NC=O)nc(=C/C=C\C)/c(=C\C)c2=O)CC1. The van der Waals surface area contributed by atoms with Crippen molar-refractivity contribution < 1.29 is 4.79 Å². The van der Waals surface area contributed by atoms with Crippen LogP contribution in [0.2, 0.25) is 0 Å². The van der Waals surface area contributed by atoms with E-state index in [-0.39, 0.29) is 11.6 Å². The average molecular weight is 429 g/mol. The zero-order chi connectivity index (χ0) is 23.0. The maximum Gasteiger partial charge on any atom is 0.279 e.